The van der Waals surface area contributed by atoms with Gasteiger partial charge in [0.25, 0.3) is 0 Å². The molecule has 0 amide bonds. The molecule has 1 heterocycles. The highest BCUT2D eigenvalue weighted by molar-refractivity contribution is 5.27. The second-order valence-corrected chi connectivity index (χ2v) is 6.37. The first-order chi connectivity index (χ1) is 9.33. The number of nitrogens with one attached hydrogen (secondary N) is 2. The third-order valence-corrected chi connectivity index (χ3v) is 5.07. The molecule has 1 aromatic rings. The Labute approximate surface area is 117 Å². The van der Waals surface area contributed by atoms with Crippen LogP contribution in [-0.4, -0.2) is 25.7 Å². The lowest BCUT2D eigenvalue weighted by Gasteiger charge is -2.37. The molecular formula is C17H26N2. The summed E-state index contributed by atoms with van der Waals surface area (Å²) in [5, 5.41) is 7.40. The third kappa shape index (κ3) is 3.01. The van der Waals surface area contributed by atoms with Crippen molar-refractivity contribution in [2.24, 2.45) is 5.41 Å². The van der Waals surface area contributed by atoms with Gasteiger partial charge in [-0.15, -0.1) is 0 Å². The summed E-state index contributed by atoms with van der Waals surface area (Å²) in [4.78, 5) is 0. The van der Waals surface area contributed by atoms with Gasteiger partial charge < -0.3 is 10.6 Å². The molecule has 1 aromatic carbocycles. The summed E-state index contributed by atoms with van der Waals surface area (Å²) >= 11 is 0. The lowest BCUT2D eigenvalue weighted by atomic mass is 9.78. The second kappa shape index (κ2) is 5.64. The Morgan fingerprint density at radius 3 is 2.84 bits per heavy atom. The first-order valence-corrected chi connectivity index (χ1v) is 7.82. The van der Waals surface area contributed by atoms with E-state index in [1.165, 1.54) is 50.9 Å². The molecule has 0 radical (unpaired) electrons. The van der Waals surface area contributed by atoms with Crippen LogP contribution in [0.2, 0.25) is 0 Å². The van der Waals surface area contributed by atoms with E-state index >= 15 is 0 Å². The molecule has 2 aliphatic rings. The Morgan fingerprint density at radius 2 is 2.16 bits per heavy atom. The van der Waals surface area contributed by atoms with Crippen LogP contribution in [0.1, 0.15) is 44.1 Å². The quantitative estimate of drug-likeness (QED) is 0.848. The molecule has 2 nitrogen and oxygen atoms in total. The van der Waals surface area contributed by atoms with Crippen molar-refractivity contribution in [2.45, 2.75) is 44.6 Å². The van der Waals surface area contributed by atoms with Crippen LogP contribution in [-0.2, 0) is 0 Å². The normalized spacial score (nSPS) is 34.2. The highest BCUT2D eigenvalue weighted by Crippen LogP contribution is 2.41. The minimum Gasteiger partial charge on any atom is -0.316 e. The zero-order valence-corrected chi connectivity index (χ0v) is 12.0. The van der Waals surface area contributed by atoms with E-state index in [1.807, 2.05) is 0 Å². The van der Waals surface area contributed by atoms with Gasteiger partial charge in [-0.05, 0) is 43.2 Å². The van der Waals surface area contributed by atoms with Crippen LogP contribution in [0.25, 0.3) is 0 Å². The molecule has 0 bridgehead atoms. The molecule has 3 unspecified atom stereocenters. The lowest BCUT2D eigenvalue weighted by Crippen LogP contribution is -2.46. The molecule has 1 saturated heterocycles. The first-order valence-electron chi connectivity index (χ1n) is 7.82. The molecule has 1 aliphatic carbocycles. The molecule has 2 fully saturated rings. The highest BCUT2D eigenvalue weighted by atomic mass is 15.0. The second-order valence-electron chi connectivity index (χ2n) is 6.37. The van der Waals surface area contributed by atoms with E-state index in [1.54, 1.807) is 0 Å². The number of hydrogen-bond donors (Lipinski definition) is 2. The Hall–Kier alpha value is -0.860. The van der Waals surface area contributed by atoms with Crippen LogP contribution < -0.4 is 10.6 Å². The van der Waals surface area contributed by atoms with Gasteiger partial charge >= 0.3 is 0 Å². The van der Waals surface area contributed by atoms with E-state index in [0.29, 0.717) is 11.5 Å². The third-order valence-electron chi connectivity index (χ3n) is 5.07. The van der Waals surface area contributed by atoms with Gasteiger partial charge in [0.15, 0.2) is 0 Å². The van der Waals surface area contributed by atoms with Crippen molar-refractivity contribution in [3.63, 3.8) is 0 Å². The van der Waals surface area contributed by atoms with E-state index in [4.69, 9.17) is 0 Å². The summed E-state index contributed by atoms with van der Waals surface area (Å²) in [6.07, 6.45) is 5.32. The van der Waals surface area contributed by atoms with Gasteiger partial charge in [0.2, 0.25) is 0 Å². The Balaban J connectivity index is 1.51. The molecule has 1 aliphatic heterocycles. The van der Waals surface area contributed by atoms with Crippen molar-refractivity contribution >= 4 is 0 Å². The fraction of sp³-hybridized carbons (Fsp3) is 0.647. The van der Waals surface area contributed by atoms with Crippen LogP contribution in [0.15, 0.2) is 30.3 Å². The summed E-state index contributed by atoms with van der Waals surface area (Å²) in [7, 11) is 0. The van der Waals surface area contributed by atoms with Crippen molar-refractivity contribution in [1.29, 1.82) is 0 Å². The van der Waals surface area contributed by atoms with Crippen LogP contribution in [0.4, 0.5) is 0 Å². The van der Waals surface area contributed by atoms with Crippen molar-refractivity contribution in [2.75, 3.05) is 19.6 Å². The monoisotopic (exact) mass is 258 g/mol. The molecule has 1 saturated carbocycles. The van der Waals surface area contributed by atoms with Gasteiger partial charge in [0.1, 0.15) is 0 Å². The van der Waals surface area contributed by atoms with Gasteiger partial charge in [-0.2, -0.15) is 0 Å². The summed E-state index contributed by atoms with van der Waals surface area (Å²) in [5.74, 6) is 0.756. The Morgan fingerprint density at radius 1 is 1.32 bits per heavy atom. The lowest BCUT2D eigenvalue weighted by molar-refractivity contribution is 0.192. The maximum Gasteiger partial charge on any atom is 0.0143 e. The highest BCUT2D eigenvalue weighted by Gasteiger charge is 2.40. The van der Waals surface area contributed by atoms with Gasteiger partial charge in [0.05, 0.1) is 0 Å². The minimum absolute atomic E-state index is 0.502. The summed E-state index contributed by atoms with van der Waals surface area (Å²) in [6.45, 7) is 5.93. The standard InChI is InChI=1S/C17H26N2/c1-2-17(9-6-10-18-12-17)13-19-16-11-15(16)14-7-4-3-5-8-14/h3-5,7-8,15-16,18-19H,2,6,9-13H2,1H3. The molecule has 19 heavy (non-hydrogen) atoms. The number of hydrogen-bond acceptors (Lipinski definition) is 2. The van der Waals surface area contributed by atoms with Crippen molar-refractivity contribution in [3.05, 3.63) is 35.9 Å². The van der Waals surface area contributed by atoms with Crippen LogP contribution in [0.3, 0.4) is 0 Å². The molecular weight excluding hydrogens is 232 g/mol. The smallest absolute Gasteiger partial charge is 0.0143 e. The van der Waals surface area contributed by atoms with Crippen LogP contribution in [0, 0.1) is 5.41 Å². The predicted octanol–water partition coefficient (Wildman–Crippen LogP) is 2.91. The van der Waals surface area contributed by atoms with Crippen LogP contribution >= 0.6 is 0 Å². The Kier molecular flexibility index (Phi) is 3.90. The molecule has 3 atom stereocenters. The SMILES string of the molecule is CCC1(CNC2CC2c2ccccc2)CCCNC1. The van der Waals surface area contributed by atoms with E-state index in [9.17, 15) is 0 Å². The zero-order chi connectivity index (χ0) is 13.1. The van der Waals surface area contributed by atoms with Gasteiger partial charge in [-0.3, -0.25) is 0 Å². The van der Waals surface area contributed by atoms with Gasteiger partial charge in [-0.25, -0.2) is 0 Å². The zero-order valence-electron chi connectivity index (χ0n) is 12.0. The van der Waals surface area contributed by atoms with Gasteiger partial charge in [0, 0.05) is 25.0 Å². The van der Waals surface area contributed by atoms with E-state index in [-0.39, 0.29) is 0 Å². The van der Waals surface area contributed by atoms with Crippen molar-refractivity contribution in [1.82, 2.24) is 10.6 Å². The van der Waals surface area contributed by atoms with E-state index in [2.05, 4.69) is 47.9 Å². The summed E-state index contributed by atoms with van der Waals surface area (Å²) < 4.78 is 0. The average molecular weight is 258 g/mol. The fourth-order valence-corrected chi connectivity index (χ4v) is 3.44. The maximum atomic E-state index is 3.83. The van der Waals surface area contributed by atoms with E-state index in [0.717, 1.165) is 5.92 Å². The largest absolute Gasteiger partial charge is 0.316 e. The van der Waals surface area contributed by atoms with E-state index < -0.39 is 0 Å². The molecule has 0 spiro atoms. The van der Waals surface area contributed by atoms with Crippen LogP contribution in [0.5, 0.6) is 0 Å². The molecule has 2 N–H and O–H groups in total. The summed E-state index contributed by atoms with van der Waals surface area (Å²) in [6, 6.07) is 11.7. The minimum atomic E-state index is 0.502. The maximum absolute atomic E-state index is 3.83. The number of rotatable bonds is 5. The molecule has 2 heteroatoms. The average Bonchev–Trinajstić information content (AvgIpc) is 3.27. The molecule has 104 valence electrons. The molecule has 3 rings (SSSR count). The van der Waals surface area contributed by atoms with Crippen molar-refractivity contribution < 1.29 is 0 Å². The van der Waals surface area contributed by atoms with Gasteiger partial charge in [-0.1, -0.05) is 37.3 Å². The van der Waals surface area contributed by atoms with Crippen molar-refractivity contribution in [3.8, 4) is 0 Å². The topological polar surface area (TPSA) is 24.1 Å². The molecule has 0 aromatic heterocycles. The number of piperidine rings is 1. The number of benzene rings is 1. The predicted molar refractivity (Wildman–Crippen MR) is 80.4 cm³/mol. The fourth-order valence-electron chi connectivity index (χ4n) is 3.44. The first kappa shape index (κ1) is 13.1. The summed E-state index contributed by atoms with van der Waals surface area (Å²) in [5.41, 5.74) is 2.01. The Bertz CT molecular complexity index is 395.